The summed E-state index contributed by atoms with van der Waals surface area (Å²) in [5.41, 5.74) is 2.07. The van der Waals surface area contributed by atoms with Crippen LogP contribution in [-0.4, -0.2) is 17.5 Å². The zero-order valence-electron chi connectivity index (χ0n) is 12.1. The monoisotopic (exact) mass is 223 g/mol. The SMILES string of the molecule is C=C1CCCN1[C@@H](CC(C)(C)C)C(C)(C)C. The first-order chi connectivity index (χ1) is 7.11. The van der Waals surface area contributed by atoms with Crippen molar-refractivity contribution in [2.45, 2.75) is 66.8 Å². The minimum atomic E-state index is 0.334. The van der Waals surface area contributed by atoms with E-state index in [9.17, 15) is 0 Å². The van der Waals surface area contributed by atoms with Crippen molar-refractivity contribution in [1.82, 2.24) is 4.90 Å². The largest absolute Gasteiger partial charge is 0.372 e. The molecule has 1 atom stereocenters. The molecule has 0 spiro atoms. The van der Waals surface area contributed by atoms with Crippen molar-refractivity contribution in [2.75, 3.05) is 6.54 Å². The van der Waals surface area contributed by atoms with Crippen LogP contribution in [0.15, 0.2) is 12.3 Å². The zero-order valence-corrected chi connectivity index (χ0v) is 12.1. The number of nitrogens with zero attached hydrogens (tertiary/aromatic N) is 1. The zero-order chi connectivity index (χ0) is 12.6. The molecule has 0 unspecified atom stereocenters. The van der Waals surface area contributed by atoms with E-state index in [1.165, 1.54) is 31.5 Å². The molecule has 1 nitrogen and oxygen atoms in total. The summed E-state index contributed by atoms with van der Waals surface area (Å²) in [4.78, 5) is 2.56. The van der Waals surface area contributed by atoms with Gasteiger partial charge in [0.25, 0.3) is 0 Å². The Kier molecular flexibility index (Phi) is 3.76. The van der Waals surface area contributed by atoms with Gasteiger partial charge < -0.3 is 4.90 Å². The van der Waals surface area contributed by atoms with Gasteiger partial charge in [-0.05, 0) is 30.1 Å². The van der Waals surface area contributed by atoms with E-state index in [1.54, 1.807) is 0 Å². The molecule has 94 valence electrons. The molecule has 0 amide bonds. The smallest absolute Gasteiger partial charge is 0.0340 e. The van der Waals surface area contributed by atoms with Crippen LogP contribution in [0.2, 0.25) is 0 Å². The predicted molar refractivity (Wildman–Crippen MR) is 72.4 cm³/mol. The van der Waals surface area contributed by atoms with Crippen molar-refractivity contribution in [2.24, 2.45) is 10.8 Å². The fourth-order valence-electron chi connectivity index (χ4n) is 2.60. The Hall–Kier alpha value is -0.460. The summed E-state index contributed by atoms with van der Waals surface area (Å²) in [6.07, 6.45) is 3.72. The van der Waals surface area contributed by atoms with Crippen molar-refractivity contribution >= 4 is 0 Å². The second kappa shape index (κ2) is 4.43. The van der Waals surface area contributed by atoms with E-state index in [0.29, 0.717) is 16.9 Å². The third-order valence-corrected chi connectivity index (χ3v) is 3.45. The van der Waals surface area contributed by atoms with Gasteiger partial charge in [-0.1, -0.05) is 48.1 Å². The topological polar surface area (TPSA) is 3.24 Å². The maximum absolute atomic E-state index is 4.23. The third kappa shape index (κ3) is 3.54. The molecule has 0 aliphatic carbocycles. The lowest BCUT2D eigenvalue weighted by atomic mass is 9.76. The van der Waals surface area contributed by atoms with Crippen LogP contribution in [0.4, 0.5) is 0 Å². The fraction of sp³-hybridized carbons (Fsp3) is 0.867. The second-order valence-corrected chi connectivity index (χ2v) is 7.51. The van der Waals surface area contributed by atoms with Gasteiger partial charge in [0.1, 0.15) is 0 Å². The Bertz CT molecular complexity index is 252. The lowest BCUT2D eigenvalue weighted by molar-refractivity contribution is 0.103. The minimum absolute atomic E-state index is 0.334. The van der Waals surface area contributed by atoms with Crippen LogP contribution >= 0.6 is 0 Å². The first kappa shape index (κ1) is 13.6. The summed E-state index contributed by atoms with van der Waals surface area (Å²) in [6.45, 7) is 19.5. The van der Waals surface area contributed by atoms with Crippen LogP contribution in [0.5, 0.6) is 0 Å². The summed E-state index contributed by atoms with van der Waals surface area (Å²) >= 11 is 0. The number of allylic oxidation sites excluding steroid dienone is 1. The first-order valence-corrected chi connectivity index (χ1v) is 6.56. The quantitative estimate of drug-likeness (QED) is 0.668. The molecule has 0 aromatic rings. The summed E-state index contributed by atoms with van der Waals surface area (Å²) in [5, 5.41) is 0. The van der Waals surface area contributed by atoms with Gasteiger partial charge in [-0.2, -0.15) is 0 Å². The highest BCUT2D eigenvalue weighted by molar-refractivity contribution is 5.05. The molecule has 0 bridgehead atoms. The number of rotatable bonds is 2. The summed E-state index contributed by atoms with van der Waals surface area (Å²) < 4.78 is 0. The molecule has 1 saturated heterocycles. The van der Waals surface area contributed by atoms with Crippen molar-refractivity contribution in [3.8, 4) is 0 Å². The van der Waals surface area contributed by atoms with Gasteiger partial charge in [0.2, 0.25) is 0 Å². The predicted octanol–water partition coefficient (Wildman–Crippen LogP) is 4.45. The molecule has 1 heteroatoms. The Morgan fingerprint density at radius 2 is 1.75 bits per heavy atom. The van der Waals surface area contributed by atoms with Crippen LogP contribution in [0.25, 0.3) is 0 Å². The van der Waals surface area contributed by atoms with E-state index in [-0.39, 0.29) is 0 Å². The molecular formula is C15H29N. The van der Waals surface area contributed by atoms with E-state index in [1.807, 2.05) is 0 Å². The first-order valence-electron chi connectivity index (χ1n) is 6.56. The number of hydrogen-bond donors (Lipinski definition) is 0. The third-order valence-electron chi connectivity index (χ3n) is 3.45. The molecule has 1 fully saturated rings. The maximum atomic E-state index is 4.23. The van der Waals surface area contributed by atoms with Crippen LogP contribution in [-0.2, 0) is 0 Å². The Morgan fingerprint density at radius 3 is 2.06 bits per heavy atom. The van der Waals surface area contributed by atoms with Crippen LogP contribution in [0.1, 0.15) is 60.8 Å². The highest BCUT2D eigenvalue weighted by atomic mass is 15.2. The van der Waals surface area contributed by atoms with Gasteiger partial charge in [-0.3, -0.25) is 0 Å². The molecule has 1 heterocycles. The van der Waals surface area contributed by atoms with Crippen molar-refractivity contribution in [3.63, 3.8) is 0 Å². The van der Waals surface area contributed by atoms with E-state index in [2.05, 4.69) is 53.0 Å². The van der Waals surface area contributed by atoms with Gasteiger partial charge in [-0.25, -0.2) is 0 Å². The van der Waals surface area contributed by atoms with Gasteiger partial charge in [0.15, 0.2) is 0 Å². The second-order valence-electron chi connectivity index (χ2n) is 7.51. The molecule has 0 radical (unpaired) electrons. The van der Waals surface area contributed by atoms with Gasteiger partial charge >= 0.3 is 0 Å². The Balaban J connectivity index is 2.83. The molecule has 0 aromatic heterocycles. The van der Waals surface area contributed by atoms with Crippen LogP contribution < -0.4 is 0 Å². The molecule has 1 rings (SSSR count). The van der Waals surface area contributed by atoms with Crippen molar-refractivity contribution in [1.29, 1.82) is 0 Å². The van der Waals surface area contributed by atoms with Gasteiger partial charge in [0, 0.05) is 18.3 Å². The highest BCUT2D eigenvalue weighted by Gasteiger charge is 2.35. The minimum Gasteiger partial charge on any atom is -0.372 e. The molecule has 0 saturated carbocycles. The van der Waals surface area contributed by atoms with Crippen LogP contribution in [0.3, 0.4) is 0 Å². The van der Waals surface area contributed by atoms with E-state index in [4.69, 9.17) is 0 Å². The lowest BCUT2D eigenvalue weighted by Crippen LogP contribution is -2.43. The maximum Gasteiger partial charge on any atom is 0.0340 e. The Labute approximate surface area is 102 Å². The average molecular weight is 223 g/mol. The standard InChI is InChI=1S/C15H29N/c1-12-9-8-10-16(12)13(15(5,6)7)11-14(2,3)4/h13H,1,8-11H2,2-7H3/t13-/m0/s1. The molecular weight excluding hydrogens is 194 g/mol. The summed E-state index contributed by atoms with van der Waals surface area (Å²) in [7, 11) is 0. The molecule has 16 heavy (non-hydrogen) atoms. The van der Waals surface area contributed by atoms with Crippen molar-refractivity contribution in [3.05, 3.63) is 12.3 Å². The Morgan fingerprint density at radius 1 is 1.19 bits per heavy atom. The molecule has 1 aliphatic heterocycles. The number of likely N-dealkylation sites (tertiary alicyclic amines) is 1. The normalized spacial score (nSPS) is 20.4. The van der Waals surface area contributed by atoms with E-state index >= 15 is 0 Å². The van der Waals surface area contributed by atoms with E-state index in [0.717, 1.165) is 0 Å². The molecule has 1 aliphatic rings. The molecule has 0 N–H and O–H groups in total. The summed E-state index contributed by atoms with van der Waals surface area (Å²) in [6, 6.07) is 0.627. The van der Waals surface area contributed by atoms with E-state index < -0.39 is 0 Å². The van der Waals surface area contributed by atoms with Gasteiger partial charge in [-0.15, -0.1) is 0 Å². The summed E-state index contributed by atoms with van der Waals surface area (Å²) in [5.74, 6) is 0. The fourth-order valence-corrected chi connectivity index (χ4v) is 2.60. The molecule has 0 aromatic carbocycles. The van der Waals surface area contributed by atoms with Gasteiger partial charge in [0.05, 0.1) is 0 Å². The lowest BCUT2D eigenvalue weighted by Gasteiger charge is -2.43. The van der Waals surface area contributed by atoms with Crippen LogP contribution in [0, 0.1) is 10.8 Å². The highest BCUT2D eigenvalue weighted by Crippen LogP contribution is 2.38. The van der Waals surface area contributed by atoms with Crippen molar-refractivity contribution < 1.29 is 0 Å². The number of hydrogen-bond acceptors (Lipinski definition) is 1. The average Bonchev–Trinajstić information content (AvgIpc) is 2.43.